The lowest BCUT2D eigenvalue weighted by Gasteiger charge is -2.34. The Kier molecular flexibility index (Phi) is 6.18. The molecule has 1 saturated heterocycles. The van der Waals surface area contributed by atoms with Gasteiger partial charge in [0.2, 0.25) is 0 Å². The number of hydrogen-bond donors (Lipinski definition) is 1. The summed E-state index contributed by atoms with van der Waals surface area (Å²) in [4.78, 5) is 11.7. The predicted molar refractivity (Wildman–Crippen MR) is 117 cm³/mol. The molecule has 1 fully saturated rings. The molecular formula is C22H22BrF3N4O. The molecule has 0 amide bonds. The summed E-state index contributed by atoms with van der Waals surface area (Å²) in [6, 6.07) is 10.6. The highest BCUT2D eigenvalue weighted by Crippen LogP contribution is 2.31. The van der Waals surface area contributed by atoms with Crippen molar-refractivity contribution in [2.24, 2.45) is 0 Å². The summed E-state index contributed by atoms with van der Waals surface area (Å²) < 4.78 is 45.3. The van der Waals surface area contributed by atoms with E-state index in [0.717, 1.165) is 40.6 Å². The van der Waals surface area contributed by atoms with Gasteiger partial charge >= 0.3 is 6.18 Å². The number of nitrogens with one attached hydrogen (secondary N) is 1. The van der Waals surface area contributed by atoms with Crippen LogP contribution in [0.15, 0.2) is 46.9 Å². The van der Waals surface area contributed by atoms with Gasteiger partial charge in [0.05, 0.1) is 29.8 Å². The van der Waals surface area contributed by atoms with E-state index in [9.17, 15) is 13.2 Å². The minimum absolute atomic E-state index is 0.128. The molecule has 0 aliphatic carbocycles. The van der Waals surface area contributed by atoms with Gasteiger partial charge in [-0.25, -0.2) is 9.97 Å². The minimum Gasteiger partial charge on any atom is -0.373 e. The molecule has 0 unspecified atom stereocenters. The second-order valence-electron chi connectivity index (χ2n) is 7.80. The molecule has 2 atom stereocenters. The number of aromatic nitrogens is 2. The first kappa shape index (κ1) is 22.0. The third-order valence-corrected chi connectivity index (χ3v) is 5.53. The van der Waals surface area contributed by atoms with E-state index >= 15 is 0 Å². The molecule has 3 aromatic rings. The number of ether oxygens (including phenoxy) is 1. The quantitative estimate of drug-likeness (QED) is 0.499. The van der Waals surface area contributed by atoms with Gasteiger partial charge in [-0.2, -0.15) is 13.2 Å². The lowest BCUT2D eigenvalue weighted by atomic mass is 10.2. The highest BCUT2D eigenvalue weighted by atomic mass is 79.9. The summed E-state index contributed by atoms with van der Waals surface area (Å²) in [5.74, 6) is 1.20. The van der Waals surface area contributed by atoms with E-state index < -0.39 is 11.7 Å². The zero-order valence-electron chi connectivity index (χ0n) is 17.1. The molecule has 0 spiro atoms. The van der Waals surface area contributed by atoms with Crippen LogP contribution in [0.4, 0.5) is 24.7 Å². The van der Waals surface area contributed by atoms with Crippen LogP contribution in [0.3, 0.4) is 0 Å². The van der Waals surface area contributed by atoms with Crippen molar-refractivity contribution < 1.29 is 17.9 Å². The minimum atomic E-state index is -4.37. The van der Waals surface area contributed by atoms with E-state index in [0.29, 0.717) is 23.9 Å². The Hall–Kier alpha value is -2.23. The molecule has 5 nitrogen and oxygen atoms in total. The van der Waals surface area contributed by atoms with Gasteiger partial charge in [0, 0.05) is 28.6 Å². The van der Waals surface area contributed by atoms with Gasteiger partial charge in [0.25, 0.3) is 0 Å². The van der Waals surface area contributed by atoms with Gasteiger partial charge < -0.3 is 10.1 Å². The first-order chi connectivity index (χ1) is 14.7. The van der Waals surface area contributed by atoms with Crippen molar-refractivity contribution >= 4 is 38.3 Å². The van der Waals surface area contributed by atoms with Gasteiger partial charge in [-0.1, -0.05) is 15.9 Å². The zero-order valence-corrected chi connectivity index (χ0v) is 18.7. The number of nitrogens with zero attached hydrogens (tertiary/aromatic N) is 3. The number of fused-ring (bicyclic) bond motifs is 1. The molecule has 0 radical (unpaired) electrons. The molecule has 1 aliphatic rings. The second kappa shape index (κ2) is 8.72. The summed E-state index contributed by atoms with van der Waals surface area (Å²) in [6.45, 7) is 6.21. The molecule has 1 aliphatic heterocycles. The van der Waals surface area contributed by atoms with E-state index in [4.69, 9.17) is 14.7 Å². The second-order valence-corrected chi connectivity index (χ2v) is 8.72. The maximum atomic E-state index is 12.9. The number of morpholine rings is 1. The van der Waals surface area contributed by atoms with Gasteiger partial charge in [0.15, 0.2) is 0 Å². The topological polar surface area (TPSA) is 50.3 Å². The summed E-state index contributed by atoms with van der Waals surface area (Å²) in [5, 5.41) is 3.95. The van der Waals surface area contributed by atoms with Crippen LogP contribution in [0, 0.1) is 0 Å². The standard InChI is InChI=1S/C22H22BrF3N4O/c1-13-10-30(11-14(2)31-13)12-20-28-19-9-16(23)5-8-18(19)21(29-20)27-17-6-3-15(4-7-17)22(24,25)26/h3-9,13-14H,10-12H2,1-2H3,(H,27,28,29)/t13-,14+. The molecule has 31 heavy (non-hydrogen) atoms. The van der Waals surface area contributed by atoms with Crippen molar-refractivity contribution in [1.82, 2.24) is 14.9 Å². The molecule has 4 rings (SSSR count). The molecular weight excluding hydrogens is 473 g/mol. The fourth-order valence-corrected chi connectivity index (χ4v) is 4.16. The van der Waals surface area contributed by atoms with Crippen molar-refractivity contribution in [3.05, 3.63) is 58.3 Å². The normalized spacial score (nSPS) is 20.2. The van der Waals surface area contributed by atoms with Crippen LogP contribution in [-0.2, 0) is 17.5 Å². The van der Waals surface area contributed by atoms with Gasteiger partial charge in [-0.15, -0.1) is 0 Å². The Labute approximate surface area is 186 Å². The average molecular weight is 495 g/mol. The van der Waals surface area contributed by atoms with Crippen LogP contribution in [0.1, 0.15) is 25.2 Å². The maximum Gasteiger partial charge on any atom is 0.416 e. The van der Waals surface area contributed by atoms with Crippen LogP contribution in [-0.4, -0.2) is 40.2 Å². The Bertz CT molecular complexity index is 1060. The van der Waals surface area contributed by atoms with Crippen molar-refractivity contribution in [2.75, 3.05) is 18.4 Å². The third kappa shape index (κ3) is 5.34. The van der Waals surface area contributed by atoms with Gasteiger partial charge in [-0.05, 0) is 56.3 Å². The Morgan fingerprint density at radius 1 is 1.06 bits per heavy atom. The maximum absolute atomic E-state index is 12.9. The SMILES string of the molecule is C[C@@H]1CN(Cc2nc(Nc3ccc(C(F)(F)F)cc3)c3ccc(Br)cc3n2)C[C@H](C)O1. The molecule has 2 aromatic carbocycles. The van der Waals surface area contributed by atoms with Crippen molar-refractivity contribution in [3.63, 3.8) is 0 Å². The summed E-state index contributed by atoms with van der Waals surface area (Å²) in [7, 11) is 0. The Morgan fingerprint density at radius 2 is 1.74 bits per heavy atom. The van der Waals surface area contributed by atoms with Crippen LogP contribution in [0.2, 0.25) is 0 Å². The monoisotopic (exact) mass is 494 g/mol. The highest BCUT2D eigenvalue weighted by Gasteiger charge is 2.30. The molecule has 164 valence electrons. The highest BCUT2D eigenvalue weighted by molar-refractivity contribution is 9.10. The lowest BCUT2D eigenvalue weighted by Crippen LogP contribution is -2.45. The van der Waals surface area contributed by atoms with Gasteiger partial charge in [0.1, 0.15) is 11.6 Å². The fourth-order valence-electron chi connectivity index (χ4n) is 3.81. The van der Waals surface area contributed by atoms with E-state index in [1.165, 1.54) is 12.1 Å². The number of alkyl halides is 3. The summed E-state index contributed by atoms with van der Waals surface area (Å²) >= 11 is 3.47. The number of benzene rings is 2. The molecule has 9 heteroatoms. The van der Waals surface area contributed by atoms with Crippen molar-refractivity contribution in [1.29, 1.82) is 0 Å². The van der Waals surface area contributed by atoms with Crippen LogP contribution >= 0.6 is 15.9 Å². The van der Waals surface area contributed by atoms with Crippen LogP contribution in [0.25, 0.3) is 10.9 Å². The molecule has 1 N–H and O–H groups in total. The van der Waals surface area contributed by atoms with E-state index in [2.05, 4.69) is 26.1 Å². The number of anilines is 2. The largest absolute Gasteiger partial charge is 0.416 e. The Balaban J connectivity index is 1.65. The fraction of sp³-hybridized carbons (Fsp3) is 0.364. The van der Waals surface area contributed by atoms with Crippen molar-refractivity contribution in [3.8, 4) is 0 Å². The average Bonchev–Trinajstić information content (AvgIpc) is 2.66. The van der Waals surface area contributed by atoms with Gasteiger partial charge in [-0.3, -0.25) is 4.90 Å². The number of halogens is 4. The molecule has 0 saturated carbocycles. The Morgan fingerprint density at radius 3 is 2.39 bits per heavy atom. The summed E-state index contributed by atoms with van der Waals surface area (Å²) in [5.41, 5.74) is 0.587. The number of rotatable bonds is 4. The van der Waals surface area contributed by atoms with Crippen molar-refractivity contribution in [2.45, 2.75) is 38.8 Å². The molecule has 0 bridgehead atoms. The van der Waals surface area contributed by atoms with Crippen LogP contribution in [0.5, 0.6) is 0 Å². The van der Waals surface area contributed by atoms with E-state index in [1.54, 1.807) is 0 Å². The zero-order chi connectivity index (χ0) is 22.2. The van der Waals surface area contributed by atoms with E-state index in [1.807, 2.05) is 32.0 Å². The number of hydrogen-bond acceptors (Lipinski definition) is 5. The molecule has 1 aromatic heterocycles. The smallest absolute Gasteiger partial charge is 0.373 e. The first-order valence-electron chi connectivity index (χ1n) is 9.95. The van der Waals surface area contributed by atoms with Crippen LogP contribution < -0.4 is 5.32 Å². The first-order valence-corrected chi connectivity index (χ1v) is 10.7. The molecule has 2 heterocycles. The lowest BCUT2D eigenvalue weighted by molar-refractivity contribution is -0.137. The van der Waals surface area contributed by atoms with E-state index in [-0.39, 0.29) is 12.2 Å². The third-order valence-electron chi connectivity index (χ3n) is 5.04. The predicted octanol–water partition coefficient (Wildman–Crippen LogP) is 5.76. The summed E-state index contributed by atoms with van der Waals surface area (Å²) in [6.07, 6.45) is -4.11.